The standard InChI is InChI=1S/C6H11F2NO.ClH/c7-6(8)1-2-9-3-5(6)4-10;/h5,9-10H,1-4H2;1H. The minimum Gasteiger partial charge on any atom is -0.396 e. The van der Waals surface area contributed by atoms with Crippen molar-refractivity contribution in [2.24, 2.45) is 5.92 Å². The van der Waals surface area contributed by atoms with Gasteiger partial charge in [-0.2, -0.15) is 0 Å². The molecule has 1 saturated heterocycles. The van der Waals surface area contributed by atoms with Crippen LogP contribution in [-0.4, -0.2) is 30.7 Å². The van der Waals surface area contributed by atoms with Crippen LogP contribution in [0.2, 0.25) is 0 Å². The summed E-state index contributed by atoms with van der Waals surface area (Å²) in [7, 11) is 0. The molecule has 0 saturated carbocycles. The molecule has 0 aliphatic carbocycles. The summed E-state index contributed by atoms with van der Waals surface area (Å²) in [5.74, 6) is -3.55. The topological polar surface area (TPSA) is 32.3 Å². The van der Waals surface area contributed by atoms with Gasteiger partial charge in [-0.05, 0) is 0 Å². The minimum absolute atomic E-state index is 0. The number of alkyl halides is 2. The average molecular weight is 188 g/mol. The number of nitrogens with one attached hydrogen (secondary N) is 1. The lowest BCUT2D eigenvalue weighted by molar-refractivity contribution is -0.0936. The molecule has 1 heterocycles. The van der Waals surface area contributed by atoms with Crippen LogP contribution in [0.5, 0.6) is 0 Å². The number of rotatable bonds is 1. The highest BCUT2D eigenvalue weighted by atomic mass is 35.5. The molecule has 5 heteroatoms. The van der Waals surface area contributed by atoms with Gasteiger partial charge in [-0.25, -0.2) is 8.78 Å². The lowest BCUT2D eigenvalue weighted by Crippen LogP contribution is -2.46. The van der Waals surface area contributed by atoms with Crippen LogP contribution in [0.3, 0.4) is 0 Å². The van der Waals surface area contributed by atoms with Crippen molar-refractivity contribution in [3.8, 4) is 0 Å². The zero-order valence-electron chi connectivity index (χ0n) is 6.02. The van der Waals surface area contributed by atoms with Gasteiger partial charge in [-0.1, -0.05) is 0 Å². The number of aliphatic hydroxyl groups excluding tert-OH is 1. The van der Waals surface area contributed by atoms with Gasteiger partial charge in [0.1, 0.15) is 0 Å². The fraction of sp³-hybridized carbons (Fsp3) is 1.00. The Hall–Kier alpha value is 0.0700. The third kappa shape index (κ3) is 2.54. The fourth-order valence-corrected chi connectivity index (χ4v) is 1.08. The molecule has 11 heavy (non-hydrogen) atoms. The van der Waals surface area contributed by atoms with Crippen LogP contribution < -0.4 is 5.32 Å². The van der Waals surface area contributed by atoms with Gasteiger partial charge in [0, 0.05) is 19.5 Å². The van der Waals surface area contributed by atoms with Gasteiger partial charge in [0.25, 0.3) is 5.92 Å². The first-order valence-electron chi connectivity index (χ1n) is 3.36. The van der Waals surface area contributed by atoms with Gasteiger partial charge in [0.2, 0.25) is 0 Å². The SMILES string of the molecule is Cl.OCC1CNCCC1(F)F. The summed E-state index contributed by atoms with van der Waals surface area (Å²) in [5.41, 5.74) is 0. The van der Waals surface area contributed by atoms with Gasteiger partial charge in [0.15, 0.2) is 0 Å². The van der Waals surface area contributed by atoms with Crippen LogP contribution in [0.25, 0.3) is 0 Å². The van der Waals surface area contributed by atoms with Crippen LogP contribution >= 0.6 is 12.4 Å². The third-order valence-electron chi connectivity index (χ3n) is 1.84. The number of hydrogen-bond acceptors (Lipinski definition) is 2. The summed E-state index contributed by atoms with van der Waals surface area (Å²) >= 11 is 0. The third-order valence-corrected chi connectivity index (χ3v) is 1.84. The molecule has 0 aromatic rings. The molecule has 0 radical (unpaired) electrons. The Morgan fingerprint density at radius 2 is 2.18 bits per heavy atom. The Balaban J connectivity index is 0.000001000. The Kier molecular flexibility index (Phi) is 4.21. The largest absolute Gasteiger partial charge is 0.396 e. The van der Waals surface area contributed by atoms with Crippen molar-refractivity contribution in [2.45, 2.75) is 12.3 Å². The normalized spacial score (nSPS) is 29.2. The lowest BCUT2D eigenvalue weighted by Gasteiger charge is -2.30. The van der Waals surface area contributed by atoms with E-state index in [1.165, 1.54) is 0 Å². The molecule has 1 rings (SSSR count). The second kappa shape index (κ2) is 4.18. The van der Waals surface area contributed by atoms with E-state index in [1.54, 1.807) is 0 Å². The maximum atomic E-state index is 12.7. The molecule has 1 fully saturated rings. The first-order valence-corrected chi connectivity index (χ1v) is 3.36. The van der Waals surface area contributed by atoms with E-state index < -0.39 is 18.4 Å². The van der Waals surface area contributed by atoms with Crippen molar-refractivity contribution in [3.05, 3.63) is 0 Å². The van der Waals surface area contributed by atoms with E-state index in [9.17, 15) is 8.78 Å². The Morgan fingerprint density at radius 3 is 2.55 bits per heavy atom. The predicted octanol–water partition coefficient (Wildman–Crippen LogP) is 0.645. The molecule has 0 spiro atoms. The maximum Gasteiger partial charge on any atom is 0.255 e. The zero-order valence-corrected chi connectivity index (χ0v) is 6.83. The fourth-order valence-electron chi connectivity index (χ4n) is 1.08. The summed E-state index contributed by atoms with van der Waals surface area (Å²) in [6.07, 6.45) is -0.155. The molecule has 0 aromatic carbocycles. The molecule has 1 aliphatic heterocycles. The molecular formula is C6H12ClF2NO. The monoisotopic (exact) mass is 187 g/mol. The minimum atomic E-state index is -2.67. The quantitative estimate of drug-likeness (QED) is 0.632. The molecule has 0 aromatic heterocycles. The van der Waals surface area contributed by atoms with E-state index in [1.807, 2.05) is 0 Å². The molecule has 2 nitrogen and oxygen atoms in total. The number of aliphatic hydroxyl groups is 1. The first kappa shape index (κ1) is 11.1. The molecular weight excluding hydrogens is 176 g/mol. The van der Waals surface area contributed by atoms with E-state index in [4.69, 9.17) is 5.11 Å². The van der Waals surface area contributed by atoms with Gasteiger partial charge >= 0.3 is 0 Å². The molecule has 68 valence electrons. The van der Waals surface area contributed by atoms with Crippen LogP contribution in [0.1, 0.15) is 6.42 Å². The van der Waals surface area contributed by atoms with E-state index in [0.29, 0.717) is 6.54 Å². The van der Waals surface area contributed by atoms with E-state index >= 15 is 0 Å². The number of piperidine rings is 1. The van der Waals surface area contributed by atoms with Crippen molar-refractivity contribution in [3.63, 3.8) is 0 Å². The Bertz CT molecular complexity index is 123. The van der Waals surface area contributed by atoms with Crippen molar-refractivity contribution >= 4 is 12.4 Å². The smallest absolute Gasteiger partial charge is 0.255 e. The molecule has 1 aliphatic rings. The lowest BCUT2D eigenvalue weighted by atomic mass is 9.96. The van der Waals surface area contributed by atoms with Crippen molar-refractivity contribution in [2.75, 3.05) is 19.7 Å². The van der Waals surface area contributed by atoms with E-state index in [0.717, 1.165) is 0 Å². The van der Waals surface area contributed by atoms with Gasteiger partial charge in [-0.15, -0.1) is 12.4 Å². The predicted molar refractivity (Wildman–Crippen MR) is 40.3 cm³/mol. The van der Waals surface area contributed by atoms with Crippen LogP contribution in [-0.2, 0) is 0 Å². The van der Waals surface area contributed by atoms with Crippen molar-refractivity contribution in [1.29, 1.82) is 0 Å². The highest BCUT2D eigenvalue weighted by Crippen LogP contribution is 2.29. The van der Waals surface area contributed by atoms with Gasteiger partial charge in [-0.3, -0.25) is 0 Å². The van der Waals surface area contributed by atoms with Gasteiger partial charge < -0.3 is 10.4 Å². The molecule has 1 atom stereocenters. The zero-order chi connectivity index (χ0) is 7.61. The first-order chi connectivity index (χ1) is 4.67. The highest BCUT2D eigenvalue weighted by molar-refractivity contribution is 5.85. The van der Waals surface area contributed by atoms with Crippen LogP contribution in [0, 0.1) is 5.92 Å². The van der Waals surface area contributed by atoms with Crippen molar-refractivity contribution in [1.82, 2.24) is 5.32 Å². The number of hydrogen-bond donors (Lipinski definition) is 2. The van der Waals surface area contributed by atoms with Crippen LogP contribution in [0.4, 0.5) is 8.78 Å². The summed E-state index contributed by atoms with van der Waals surface area (Å²) < 4.78 is 25.3. The van der Waals surface area contributed by atoms with E-state index in [-0.39, 0.29) is 25.4 Å². The molecule has 0 amide bonds. The Morgan fingerprint density at radius 1 is 1.55 bits per heavy atom. The van der Waals surface area contributed by atoms with Crippen molar-refractivity contribution < 1.29 is 13.9 Å². The van der Waals surface area contributed by atoms with Gasteiger partial charge in [0.05, 0.1) is 12.5 Å². The highest BCUT2D eigenvalue weighted by Gasteiger charge is 2.40. The van der Waals surface area contributed by atoms with E-state index in [2.05, 4.69) is 5.32 Å². The summed E-state index contributed by atoms with van der Waals surface area (Å²) in [5, 5.41) is 11.3. The summed E-state index contributed by atoms with van der Waals surface area (Å²) in [4.78, 5) is 0. The summed E-state index contributed by atoms with van der Waals surface area (Å²) in [6, 6.07) is 0. The second-order valence-electron chi connectivity index (χ2n) is 2.59. The van der Waals surface area contributed by atoms with Crippen LogP contribution in [0.15, 0.2) is 0 Å². The molecule has 0 bridgehead atoms. The summed E-state index contributed by atoms with van der Waals surface area (Å²) in [6.45, 7) is 0.146. The molecule has 1 unspecified atom stereocenters. The number of halogens is 3. The average Bonchev–Trinajstić information content (AvgIpc) is 1.87. The maximum absolute atomic E-state index is 12.7. The Labute approximate surface area is 70.4 Å². The molecule has 2 N–H and O–H groups in total. The second-order valence-corrected chi connectivity index (χ2v) is 2.59.